The summed E-state index contributed by atoms with van der Waals surface area (Å²) in [5.74, 6) is 0.952. The zero-order valence-electron chi connectivity index (χ0n) is 7.48. The predicted molar refractivity (Wildman–Crippen MR) is 60.3 cm³/mol. The summed E-state index contributed by atoms with van der Waals surface area (Å²) in [6, 6.07) is 9.97. The molecule has 0 aliphatic carbocycles. The Morgan fingerprint density at radius 3 is 2.31 bits per heavy atom. The summed E-state index contributed by atoms with van der Waals surface area (Å²) in [5.41, 5.74) is 0. The molecule has 0 spiro atoms. The topological polar surface area (TPSA) is 9.23 Å². The Bertz CT molecular complexity index is 313. The molecular formula is C10H13OPS. The molecule has 0 atom stereocenters. The number of para-hydroxylation sites is 1. The SMILES string of the molecule is S=P1(Oc2ccccc2)CCCC1. The summed E-state index contributed by atoms with van der Waals surface area (Å²) in [7, 11) is 0. The van der Waals surface area contributed by atoms with Gasteiger partial charge in [0.05, 0.1) is 0 Å². The Kier molecular flexibility index (Phi) is 2.71. The van der Waals surface area contributed by atoms with E-state index in [0.29, 0.717) is 0 Å². The second-order valence-corrected chi connectivity index (χ2v) is 8.08. The molecule has 1 aromatic carbocycles. The zero-order valence-corrected chi connectivity index (χ0v) is 9.19. The maximum atomic E-state index is 5.89. The van der Waals surface area contributed by atoms with Crippen molar-refractivity contribution >= 4 is 18.1 Å². The molecule has 1 fully saturated rings. The third-order valence-electron chi connectivity index (χ3n) is 2.26. The van der Waals surface area contributed by atoms with Crippen LogP contribution in [0.15, 0.2) is 30.3 Å². The lowest BCUT2D eigenvalue weighted by atomic mass is 10.3. The van der Waals surface area contributed by atoms with Crippen LogP contribution in [-0.2, 0) is 11.8 Å². The third kappa shape index (κ3) is 2.32. The van der Waals surface area contributed by atoms with Crippen molar-refractivity contribution in [3.63, 3.8) is 0 Å². The van der Waals surface area contributed by atoms with E-state index in [9.17, 15) is 0 Å². The molecular weight excluding hydrogens is 199 g/mol. The summed E-state index contributed by atoms with van der Waals surface area (Å²) in [6.45, 7) is 0. The van der Waals surface area contributed by atoms with Gasteiger partial charge < -0.3 is 4.52 Å². The average molecular weight is 212 g/mol. The van der Waals surface area contributed by atoms with Gasteiger partial charge in [-0.15, -0.1) is 0 Å². The Balaban J connectivity index is 2.10. The Hall–Kier alpha value is -0.330. The first-order valence-corrected chi connectivity index (χ1v) is 7.70. The van der Waals surface area contributed by atoms with Crippen molar-refractivity contribution in [2.24, 2.45) is 0 Å². The summed E-state index contributed by atoms with van der Waals surface area (Å²) in [5, 5.41) is 0. The quantitative estimate of drug-likeness (QED) is 0.696. The summed E-state index contributed by atoms with van der Waals surface area (Å²) >= 11 is 5.54. The van der Waals surface area contributed by atoms with Crippen LogP contribution in [0.1, 0.15) is 12.8 Å². The van der Waals surface area contributed by atoms with E-state index in [-0.39, 0.29) is 0 Å². The Morgan fingerprint density at radius 1 is 1.08 bits per heavy atom. The minimum atomic E-state index is -1.46. The summed E-state index contributed by atoms with van der Waals surface area (Å²) in [4.78, 5) is 0. The van der Waals surface area contributed by atoms with E-state index < -0.39 is 6.26 Å². The van der Waals surface area contributed by atoms with E-state index in [4.69, 9.17) is 16.3 Å². The zero-order chi connectivity index (χ0) is 9.15. The minimum absolute atomic E-state index is 0.952. The van der Waals surface area contributed by atoms with Crippen LogP contribution in [0, 0.1) is 0 Å². The lowest BCUT2D eigenvalue weighted by molar-refractivity contribution is 0.616. The highest BCUT2D eigenvalue weighted by atomic mass is 32.4. The molecule has 0 bridgehead atoms. The summed E-state index contributed by atoms with van der Waals surface area (Å²) in [6.07, 6.45) is 3.29. The molecule has 13 heavy (non-hydrogen) atoms. The van der Waals surface area contributed by atoms with Crippen LogP contribution in [0.5, 0.6) is 5.75 Å². The van der Waals surface area contributed by atoms with Crippen LogP contribution >= 0.6 is 6.26 Å². The molecule has 70 valence electrons. The second-order valence-electron chi connectivity index (χ2n) is 3.37. The fraction of sp³-hybridized carbons (Fsp3) is 0.400. The number of hydrogen-bond acceptors (Lipinski definition) is 2. The maximum Gasteiger partial charge on any atom is 0.124 e. The Morgan fingerprint density at radius 2 is 1.69 bits per heavy atom. The second kappa shape index (κ2) is 3.81. The lowest BCUT2D eigenvalue weighted by Crippen LogP contribution is -1.93. The molecule has 0 unspecified atom stereocenters. The molecule has 1 aliphatic heterocycles. The number of hydrogen-bond donors (Lipinski definition) is 0. The van der Waals surface area contributed by atoms with Crippen LogP contribution in [0.3, 0.4) is 0 Å². The highest BCUT2D eigenvalue weighted by molar-refractivity contribution is 8.12. The highest BCUT2D eigenvalue weighted by Crippen LogP contribution is 2.53. The van der Waals surface area contributed by atoms with Gasteiger partial charge in [-0.05, 0) is 25.0 Å². The fourth-order valence-electron chi connectivity index (χ4n) is 1.58. The van der Waals surface area contributed by atoms with E-state index in [0.717, 1.165) is 18.1 Å². The highest BCUT2D eigenvalue weighted by Gasteiger charge is 2.24. The van der Waals surface area contributed by atoms with Crippen LogP contribution < -0.4 is 4.52 Å². The van der Waals surface area contributed by atoms with Crippen molar-refractivity contribution in [3.8, 4) is 5.75 Å². The first-order chi connectivity index (χ1) is 6.29. The van der Waals surface area contributed by atoms with Gasteiger partial charge in [0.2, 0.25) is 0 Å². The van der Waals surface area contributed by atoms with Gasteiger partial charge in [-0.1, -0.05) is 30.0 Å². The molecule has 2 rings (SSSR count). The fourth-order valence-corrected chi connectivity index (χ4v) is 4.94. The van der Waals surface area contributed by atoms with E-state index in [2.05, 4.69) is 0 Å². The van der Waals surface area contributed by atoms with Crippen molar-refractivity contribution in [2.45, 2.75) is 12.8 Å². The van der Waals surface area contributed by atoms with Crippen molar-refractivity contribution in [1.29, 1.82) is 0 Å². The van der Waals surface area contributed by atoms with Gasteiger partial charge in [-0.2, -0.15) is 0 Å². The van der Waals surface area contributed by atoms with Gasteiger partial charge >= 0.3 is 0 Å². The van der Waals surface area contributed by atoms with E-state index in [1.807, 2.05) is 30.3 Å². The van der Waals surface area contributed by atoms with Crippen LogP contribution in [0.2, 0.25) is 0 Å². The smallest absolute Gasteiger partial charge is 0.124 e. The normalized spacial score (nSPS) is 20.0. The standard InChI is InChI=1S/C10H13OPS/c13-12(8-4-5-9-12)11-10-6-2-1-3-7-10/h1-3,6-7H,4-5,8-9H2. The van der Waals surface area contributed by atoms with Gasteiger partial charge in [-0.25, -0.2) is 0 Å². The lowest BCUT2D eigenvalue weighted by Gasteiger charge is -2.16. The average Bonchev–Trinajstić information content (AvgIpc) is 2.54. The van der Waals surface area contributed by atoms with Gasteiger partial charge in [0.15, 0.2) is 0 Å². The molecule has 0 aromatic heterocycles. The molecule has 0 amide bonds. The largest absolute Gasteiger partial charge is 0.467 e. The van der Waals surface area contributed by atoms with Crippen molar-refractivity contribution in [3.05, 3.63) is 30.3 Å². The molecule has 1 nitrogen and oxygen atoms in total. The molecule has 1 aliphatic rings. The van der Waals surface area contributed by atoms with Gasteiger partial charge in [0.1, 0.15) is 12.0 Å². The molecule has 0 N–H and O–H groups in total. The first kappa shape index (κ1) is 9.23. The van der Waals surface area contributed by atoms with Gasteiger partial charge in [-0.3, -0.25) is 0 Å². The molecule has 1 heterocycles. The molecule has 1 saturated heterocycles. The van der Waals surface area contributed by atoms with Crippen LogP contribution in [0.25, 0.3) is 0 Å². The van der Waals surface area contributed by atoms with Crippen molar-refractivity contribution < 1.29 is 4.52 Å². The monoisotopic (exact) mass is 212 g/mol. The Labute approximate surface area is 84.2 Å². The molecule has 3 heteroatoms. The van der Waals surface area contributed by atoms with Crippen molar-refractivity contribution in [1.82, 2.24) is 0 Å². The number of rotatable bonds is 2. The number of benzene rings is 1. The summed E-state index contributed by atoms with van der Waals surface area (Å²) < 4.78 is 5.89. The van der Waals surface area contributed by atoms with Crippen LogP contribution in [0.4, 0.5) is 0 Å². The molecule has 0 saturated carbocycles. The first-order valence-electron chi connectivity index (χ1n) is 4.61. The van der Waals surface area contributed by atoms with Crippen LogP contribution in [-0.4, -0.2) is 12.3 Å². The predicted octanol–water partition coefficient (Wildman–Crippen LogP) is 3.25. The van der Waals surface area contributed by atoms with E-state index in [1.165, 1.54) is 12.8 Å². The van der Waals surface area contributed by atoms with Crippen molar-refractivity contribution in [2.75, 3.05) is 12.3 Å². The molecule has 0 radical (unpaired) electrons. The minimum Gasteiger partial charge on any atom is -0.467 e. The van der Waals surface area contributed by atoms with E-state index in [1.54, 1.807) is 0 Å². The third-order valence-corrected chi connectivity index (χ3v) is 6.12. The van der Waals surface area contributed by atoms with Gasteiger partial charge in [0.25, 0.3) is 0 Å². The van der Waals surface area contributed by atoms with Gasteiger partial charge in [0, 0.05) is 12.3 Å². The van der Waals surface area contributed by atoms with E-state index >= 15 is 0 Å². The maximum absolute atomic E-state index is 5.89. The molecule has 1 aromatic rings.